The van der Waals surface area contributed by atoms with Gasteiger partial charge in [-0.15, -0.1) is 35.0 Å². The van der Waals surface area contributed by atoms with Crippen LogP contribution in [0.4, 0.5) is 0 Å². The van der Waals surface area contributed by atoms with Gasteiger partial charge >= 0.3 is 53.8 Å². The molecule has 0 bridgehead atoms. The molecule has 0 saturated carbocycles. The van der Waals surface area contributed by atoms with Gasteiger partial charge in [-0.1, -0.05) is 12.5 Å². The second-order valence-electron chi connectivity index (χ2n) is 5.38. The Hall–Kier alpha value is -0.500. The van der Waals surface area contributed by atoms with Gasteiger partial charge in [-0.05, 0) is 6.92 Å². The summed E-state index contributed by atoms with van der Waals surface area (Å²) in [5, 5.41) is 2.75. The van der Waals surface area contributed by atoms with Gasteiger partial charge in [-0.3, -0.25) is 0 Å². The Kier molecular flexibility index (Phi) is 15.9. The van der Waals surface area contributed by atoms with Crippen LogP contribution in [0, 0.1) is 13.8 Å². The summed E-state index contributed by atoms with van der Waals surface area (Å²) in [5.41, 5.74) is 2.72. The van der Waals surface area contributed by atoms with Crippen LogP contribution in [0.15, 0.2) is 60.7 Å². The summed E-state index contributed by atoms with van der Waals surface area (Å²) in [7, 11) is 0. The van der Waals surface area contributed by atoms with Crippen LogP contribution in [0.25, 0.3) is 10.8 Å². The third kappa shape index (κ3) is 9.71. The van der Waals surface area contributed by atoms with Crippen LogP contribution in [0.2, 0.25) is 0 Å². The third-order valence-electron chi connectivity index (χ3n) is 3.56. The fourth-order valence-corrected chi connectivity index (χ4v) is 2.03. The average molecular weight is 528 g/mol. The Bertz CT molecular complexity index is 643. The maximum Gasteiger partial charge on any atom is -0.0414 e. The monoisotopic (exact) mass is 528 g/mol. The predicted molar refractivity (Wildman–Crippen MR) is 96.6 cm³/mol. The van der Waals surface area contributed by atoms with E-state index in [9.17, 15) is 0 Å². The van der Waals surface area contributed by atoms with Crippen molar-refractivity contribution in [3.63, 3.8) is 0 Å². The molecule has 3 rings (SSSR count). The molecule has 0 radical (unpaired) electrons. The first kappa shape index (κ1) is 25.7. The molecule has 0 saturated heterocycles. The zero-order valence-corrected chi connectivity index (χ0v) is 20.0. The van der Waals surface area contributed by atoms with Crippen molar-refractivity contribution in [1.82, 2.24) is 0 Å². The summed E-state index contributed by atoms with van der Waals surface area (Å²) in [4.78, 5) is 0. The molecule has 0 N–H and O–H groups in total. The molecule has 130 valence electrons. The first-order valence-electron chi connectivity index (χ1n) is 7.94. The predicted octanol–water partition coefficient (Wildman–Crippen LogP) is 0.115. The van der Waals surface area contributed by atoms with Gasteiger partial charge in [-0.2, -0.15) is 29.8 Å². The van der Waals surface area contributed by atoms with Gasteiger partial charge in [0.15, 0.2) is 0 Å². The number of halogens is 2. The summed E-state index contributed by atoms with van der Waals surface area (Å²) in [6, 6.07) is 20.9. The van der Waals surface area contributed by atoms with Crippen LogP contribution in [0.5, 0.6) is 0 Å². The topological polar surface area (TPSA) is 0 Å². The fraction of sp³-hybridized carbons (Fsp3) is 0.286. The van der Waals surface area contributed by atoms with Crippen molar-refractivity contribution < 1.29 is 48.7 Å². The summed E-state index contributed by atoms with van der Waals surface area (Å²) >= 11 is 1.31. The van der Waals surface area contributed by atoms with Gasteiger partial charge in [-0.25, -0.2) is 12.1 Å². The molecule has 0 atom stereocenters. The van der Waals surface area contributed by atoms with Crippen molar-refractivity contribution in [2.24, 2.45) is 0 Å². The molecule has 0 aliphatic heterocycles. The summed E-state index contributed by atoms with van der Waals surface area (Å²) in [6.07, 6.45) is 2.62. The van der Waals surface area contributed by atoms with Crippen molar-refractivity contribution >= 4 is 14.0 Å². The molecule has 0 unspecified atom stereocenters. The largest absolute Gasteiger partial charge is 1.00 e. The number of benzene rings is 1. The Balaban J connectivity index is 0. The van der Waals surface area contributed by atoms with Gasteiger partial charge in [0.2, 0.25) is 0 Å². The maximum absolute atomic E-state index is 2.24. The summed E-state index contributed by atoms with van der Waals surface area (Å²) in [5.74, 6) is 0. The van der Waals surface area contributed by atoms with E-state index in [4.69, 9.17) is 0 Å². The minimum atomic E-state index is 0. The molecular formula is C21H26Cl2Hf-2. The Labute approximate surface area is 174 Å². The van der Waals surface area contributed by atoms with Crippen molar-refractivity contribution in [1.29, 1.82) is 0 Å². The number of hydrogen-bond donors (Lipinski definition) is 0. The smallest absolute Gasteiger partial charge is 0.0414 e. The number of aryl methyl sites for hydroxylation is 2. The number of fused-ring (bicyclic) bond motifs is 1. The van der Waals surface area contributed by atoms with Crippen molar-refractivity contribution in [2.45, 2.75) is 40.5 Å². The molecule has 0 heterocycles. The Morgan fingerprint density at radius 2 is 1.58 bits per heavy atom. The fourth-order valence-electron chi connectivity index (χ4n) is 2.03. The maximum atomic E-state index is 2.24. The van der Waals surface area contributed by atoms with Gasteiger partial charge in [0.1, 0.15) is 0 Å². The van der Waals surface area contributed by atoms with Gasteiger partial charge in [0.25, 0.3) is 0 Å². The van der Waals surface area contributed by atoms with E-state index in [1.165, 1.54) is 58.6 Å². The van der Waals surface area contributed by atoms with Crippen molar-refractivity contribution in [3.05, 3.63) is 71.8 Å². The quantitative estimate of drug-likeness (QED) is 0.328. The van der Waals surface area contributed by atoms with Crippen LogP contribution >= 0.6 is 0 Å². The van der Waals surface area contributed by atoms with E-state index in [1.54, 1.807) is 3.26 Å². The van der Waals surface area contributed by atoms with Gasteiger partial charge in [0.05, 0.1) is 0 Å². The van der Waals surface area contributed by atoms with Gasteiger partial charge in [0, 0.05) is 0 Å². The van der Waals surface area contributed by atoms with Crippen LogP contribution in [-0.2, 0) is 23.9 Å². The van der Waals surface area contributed by atoms with Crippen LogP contribution < -0.4 is 24.8 Å². The molecular weight excluding hydrogens is 502 g/mol. The molecule has 3 aromatic carbocycles. The first-order valence-corrected chi connectivity index (χ1v) is 9.73. The van der Waals surface area contributed by atoms with E-state index in [0.717, 1.165) is 0 Å². The zero-order chi connectivity index (χ0) is 16.4. The Morgan fingerprint density at radius 1 is 1.00 bits per heavy atom. The molecule has 3 heteroatoms. The zero-order valence-electron chi connectivity index (χ0n) is 14.9. The normalized spacial score (nSPS) is 8.75. The minimum Gasteiger partial charge on any atom is -1.00 e. The van der Waals surface area contributed by atoms with Crippen LogP contribution in [-0.4, -0.2) is 3.26 Å². The molecule has 0 aliphatic rings. The third-order valence-corrected chi connectivity index (χ3v) is 6.10. The number of rotatable bonds is 2. The van der Waals surface area contributed by atoms with Crippen LogP contribution in [0.3, 0.4) is 0 Å². The molecule has 0 amide bonds. The minimum absolute atomic E-state index is 0. The van der Waals surface area contributed by atoms with Crippen molar-refractivity contribution in [3.8, 4) is 0 Å². The van der Waals surface area contributed by atoms with E-state index in [0.29, 0.717) is 0 Å². The SMILES string of the molecule is CC[C](=[Hf+2])CC.Cc1ccc2[cH-]cc(C)c2c1.[Cl-].[Cl-].c1cc[cH-]c1. The molecule has 24 heavy (non-hydrogen) atoms. The summed E-state index contributed by atoms with van der Waals surface area (Å²) < 4.78 is 1.73. The molecule has 0 spiro atoms. The molecule has 3 aromatic rings. The average Bonchev–Trinajstić information content (AvgIpc) is 3.21. The van der Waals surface area contributed by atoms with Crippen molar-refractivity contribution in [2.75, 3.05) is 0 Å². The second kappa shape index (κ2) is 14.8. The standard InChI is InChI=1S/C11H11.C5H5.C5H10.2ClH.Hf/c1-8-3-5-10-6-4-9(2)11(10)7-8;1-2-4-5-3-1;1-3-5-4-2;;;/h3-7H,1-2H3;1-5H;3-4H2,1-2H3;2*1H;/q2*-1;;;;+2/p-2. The number of hydrogen-bond acceptors (Lipinski definition) is 0. The molecule has 0 aromatic heterocycles. The molecule has 0 nitrogen and oxygen atoms in total. The van der Waals surface area contributed by atoms with E-state index in [-0.39, 0.29) is 24.8 Å². The second-order valence-corrected chi connectivity index (χ2v) is 7.92. The Morgan fingerprint density at radius 3 is 2.00 bits per heavy atom. The van der Waals surface area contributed by atoms with E-state index in [2.05, 4.69) is 58.0 Å². The summed E-state index contributed by atoms with van der Waals surface area (Å²) in [6.45, 7) is 8.74. The van der Waals surface area contributed by atoms with E-state index in [1.807, 2.05) is 30.3 Å². The van der Waals surface area contributed by atoms with E-state index >= 15 is 0 Å². The molecule has 0 fully saturated rings. The van der Waals surface area contributed by atoms with E-state index < -0.39 is 0 Å². The van der Waals surface area contributed by atoms with Crippen LogP contribution in [0.1, 0.15) is 37.8 Å². The first-order chi connectivity index (χ1) is 10.6. The molecule has 0 aliphatic carbocycles. The van der Waals surface area contributed by atoms with Gasteiger partial charge < -0.3 is 24.8 Å².